The number of aromatic nitrogens is 1. The predicted octanol–water partition coefficient (Wildman–Crippen LogP) is 5.99. The molecule has 1 saturated carbocycles. The van der Waals surface area contributed by atoms with Crippen molar-refractivity contribution in [3.8, 4) is 5.75 Å². The molecule has 4 nitrogen and oxygen atoms in total. The van der Waals surface area contributed by atoms with Crippen LogP contribution in [-0.4, -0.2) is 18.1 Å². The lowest BCUT2D eigenvalue weighted by atomic mass is 9.82. The minimum absolute atomic E-state index is 0.147. The van der Waals surface area contributed by atoms with Crippen molar-refractivity contribution in [2.75, 3.05) is 7.11 Å². The number of hydrogen-bond acceptors (Lipinski definition) is 4. The van der Waals surface area contributed by atoms with Crippen molar-refractivity contribution in [1.29, 1.82) is 0 Å². The Morgan fingerprint density at radius 1 is 1.16 bits per heavy atom. The summed E-state index contributed by atoms with van der Waals surface area (Å²) in [5, 5.41) is 1.12. The van der Waals surface area contributed by atoms with E-state index in [9.17, 15) is 4.79 Å². The lowest BCUT2D eigenvalue weighted by molar-refractivity contribution is -0.143. The fourth-order valence-corrected chi connectivity index (χ4v) is 4.64. The Bertz CT molecular complexity index is 1070. The molecule has 1 unspecified atom stereocenters. The zero-order chi connectivity index (χ0) is 21.6. The maximum Gasteiger partial charge on any atom is 0.313 e. The molecule has 0 amide bonds. The molecular formula is C27H29NO3. The fourth-order valence-electron chi connectivity index (χ4n) is 4.64. The van der Waals surface area contributed by atoms with Gasteiger partial charge in [0.2, 0.25) is 0 Å². The lowest BCUT2D eigenvalue weighted by Crippen LogP contribution is -2.22. The summed E-state index contributed by atoms with van der Waals surface area (Å²) < 4.78 is 11.2. The molecule has 160 valence electrons. The lowest BCUT2D eigenvalue weighted by Gasteiger charge is -2.24. The quantitative estimate of drug-likeness (QED) is 0.335. The van der Waals surface area contributed by atoms with Crippen LogP contribution >= 0.6 is 0 Å². The topological polar surface area (TPSA) is 48.4 Å². The van der Waals surface area contributed by atoms with E-state index in [1.165, 1.54) is 20.0 Å². The molecule has 0 N–H and O–H groups in total. The zero-order valence-electron chi connectivity index (χ0n) is 18.0. The summed E-state index contributed by atoms with van der Waals surface area (Å²) in [5.41, 5.74) is 3.95. The molecule has 1 aliphatic carbocycles. The van der Waals surface area contributed by atoms with E-state index in [4.69, 9.17) is 9.47 Å². The molecule has 1 aliphatic rings. The van der Waals surface area contributed by atoms with Crippen molar-refractivity contribution in [3.63, 3.8) is 0 Å². The van der Waals surface area contributed by atoms with Crippen LogP contribution in [0.4, 0.5) is 0 Å². The fraction of sp³-hybridized carbons (Fsp3) is 0.333. The van der Waals surface area contributed by atoms with Gasteiger partial charge in [-0.25, -0.2) is 4.98 Å². The Morgan fingerprint density at radius 2 is 1.97 bits per heavy atom. The number of carbonyl (C=O) groups is 1. The van der Waals surface area contributed by atoms with E-state index < -0.39 is 0 Å². The van der Waals surface area contributed by atoms with Crippen molar-refractivity contribution >= 4 is 16.9 Å². The number of carbonyl (C=O) groups excluding carboxylic acids is 1. The van der Waals surface area contributed by atoms with Crippen LogP contribution in [0.15, 0.2) is 67.3 Å². The zero-order valence-corrected chi connectivity index (χ0v) is 18.0. The van der Waals surface area contributed by atoms with E-state index >= 15 is 0 Å². The van der Waals surface area contributed by atoms with Crippen LogP contribution in [0.3, 0.4) is 0 Å². The monoisotopic (exact) mass is 415 g/mol. The van der Waals surface area contributed by atoms with Gasteiger partial charge in [0, 0.05) is 5.39 Å². The van der Waals surface area contributed by atoms with Crippen molar-refractivity contribution in [1.82, 2.24) is 4.98 Å². The Labute approximate surface area is 183 Å². The minimum atomic E-state index is -0.223. The highest BCUT2D eigenvalue weighted by Crippen LogP contribution is 2.40. The molecule has 1 aromatic heterocycles. The van der Waals surface area contributed by atoms with Gasteiger partial charge in [-0.1, -0.05) is 49.2 Å². The maximum absolute atomic E-state index is 12.7. The highest BCUT2D eigenvalue weighted by atomic mass is 16.5. The van der Waals surface area contributed by atoms with Gasteiger partial charge in [-0.3, -0.25) is 4.79 Å². The molecule has 0 spiro atoms. The van der Waals surface area contributed by atoms with Gasteiger partial charge >= 0.3 is 5.97 Å². The standard InChI is InChI=1S/C27H29NO3/c1-3-8-21-17-23(31-18-22-14-13-19-9-6-7-12-25(19)28-22)15-16-24(21)26(27(29)30-2)20-10-4-5-11-20/h3,6-7,9,12-17,20,26H,1,4-5,8,10-11,18H2,2H3. The van der Waals surface area contributed by atoms with Crippen molar-refractivity contribution in [2.45, 2.75) is 44.6 Å². The molecule has 1 fully saturated rings. The summed E-state index contributed by atoms with van der Waals surface area (Å²) in [5.74, 6) is 0.736. The Kier molecular flexibility index (Phi) is 6.66. The van der Waals surface area contributed by atoms with Crippen LogP contribution in [0.5, 0.6) is 5.75 Å². The molecule has 1 atom stereocenters. The van der Waals surface area contributed by atoms with Crippen LogP contribution in [0.25, 0.3) is 10.9 Å². The molecule has 1 heterocycles. The predicted molar refractivity (Wildman–Crippen MR) is 123 cm³/mol. The van der Waals surface area contributed by atoms with E-state index in [0.717, 1.165) is 46.3 Å². The van der Waals surface area contributed by atoms with Crippen molar-refractivity contribution in [2.24, 2.45) is 5.92 Å². The highest BCUT2D eigenvalue weighted by molar-refractivity contribution is 5.79. The molecular weight excluding hydrogens is 386 g/mol. The van der Waals surface area contributed by atoms with Crippen LogP contribution in [0.2, 0.25) is 0 Å². The number of pyridine rings is 1. The molecule has 0 radical (unpaired) electrons. The summed E-state index contributed by atoms with van der Waals surface area (Å²) in [6.45, 7) is 4.29. The molecule has 4 heteroatoms. The van der Waals surface area contributed by atoms with Crippen molar-refractivity contribution < 1.29 is 14.3 Å². The first kappa shape index (κ1) is 21.1. The van der Waals surface area contributed by atoms with Crippen LogP contribution in [0, 0.1) is 5.92 Å². The minimum Gasteiger partial charge on any atom is -0.487 e. The molecule has 3 aromatic rings. The second kappa shape index (κ2) is 9.78. The third-order valence-corrected chi connectivity index (χ3v) is 6.18. The van der Waals surface area contributed by atoms with Gasteiger partial charge in [-0.05, 0) is 60.6 Å². The van der Waals surface area contributed by atoms with Gasteiger partial charge in [0.25, 0.3) is 0 Å². The SMILES string of the molecule is C=CCc1cc(OCc2ccc3ccccc3n2)ccc1C(C(=O)OC)C1CCCC1. The second-order valence-electron chi connectivity index (χ2n) is 8.18. The Balaban J connectivity index is 1.56. The third-order valence-electron chi connectivity index (χ3n) is 6.18. The van der Waals surface area contributed by atoms with Crippen LogP contribution in [-0.2, 0) is 22.6 Å². The van der Waals surface area contributed by atoms with Crippen LogP contribution in [0.1, 0.15) is 48.4 Å². The largest absolute Gasteiger partial charge is 0.487 e. The number of rotatable bonds is 8. The summed E-state index contributed by atoms with van der Waals surface area (Å²) in [6, 6.07) is 18.1. The average molecular weight is 416 g/mol. The van der Waals surface area contributed by atoms with Crippen molar-refractivity contribution in [3.05, 3.63) is 84.1 Å². The highest BCUT2D eigenvalue weighted by Gasteiger charge is 2.34. The van der Waals surface area contributed by atoms with Gasteiger partial charge in [-0.2, -0.15) is 0 Å². The maximum atomic E-state index is 12.7. The van der Waals surface area contributed by atoms with Gasteiger partial charge in [-0.15, -0.1) is 6.58 Å². The smallest absolute Gasteiger partial charge is 0.313 e. The van der Waals surface area contributed by atoms with Gasteiger partial charge in [0.15, 0.2) is 0 Å². The number of hydrogen-bond donors (Lipinski definition) is 0. The van der Waals surface area contributed by atoms with E-state index in [1.54, 1.807) is 0 Å². The Morgan fingerprint density at radius 3 is 2.74 bits per heavy atom. The van der Waals surface area contributed by atoms with Gasteiger partial charge in [0.1, 0.15) is 12.4 Å². The summed E-state index contributed by atoms with van der Waals surface area (Å²) in [7, 11) is 1.48. The molecule has 2 aromatic carbocycles. The number of allylic oxidation sites excluding steroid dienone is 1. The van der Waals surface area contributed by atoms with E-state index in [-0.39, 0.29) is 11.9 Å². The first-order chi connectivity index (χ1) is 15.2. The second-order valence-corrected chi connectivity index (χ2v) is 8.18. The number of ether oxygens (including phenoxy) is 2. The molecule has 0 aliphatic heterocycles. The van der Waals surface area contributed by atoms with Crippen LogP contribution < -0.4 is 4.74 Å². The van der Waals surface area contributed by atoms with E-state index in [1.807, 2.05) is 48.5 Å². The molecule has 4 rings (SSSR count). The number of fused-ring (bicyclic) bond motifs is 1. The molecule has 0 saturated heterocycles. The number of para-hydroxylation sites is 1. The Hall–Kier alpha value is -3.14. The average Bonchev–Trinajstić information content (AvgIpc) is 3.33. The molecule has 0 bridgehead atoms. The number of benzene rings is 2. The van der Waals surface area contributed by atoms with E-state index in [2.05, 4.69) is 23.7 Å². The van der Waals surface area contributed by atoms with Gasteiger partial charge < -0.3 is 9.47 Å². The summed E-state index contributed by atoms with van der Waals surface area (Å²) in [4.78, 5) is 17.4. The number of nitrogens with zero attached hydrogens (tertiary/aromatic N) is 1. The first-order valence-electron chi connectivity index (χ1n) is 11.0. The third kappa shape index (κ3) is 4.79. The van der Waals surface area contributed by atoms with Gasteiger partial charge in [0.05, 0.1) is 24.2 Å². The number of esters is 1. The summed E-state index contributed by atoms with van der Waals surface area (Å²) in [6.07, 6.45) is 7.04. The first-order valence-corrected chi connectivity index (χ1v) is 11.0. The summed E-state index contributed by atoms with van der Waals surface area (Å²) >= 11 is 0. The normalized spacial score (nSPS) is 15.0. The van der Waals surface area contributed by atoms with E-state index in [0.29, 0.717) is 18.9 Å². The number of methoxy groups -OCH3 is 1. The molecule has 31 heavy (non-hydrogen) atoms.